The van der Waals surface area contributed by atoms with Crippen LogP contribution in [0.25, 0.3) is 10.9 Å². The maximum absolute atomic E-state index is 10.7. The van der Waals surface area contributed by atoms with Crippen molar-refractivity contribution in [3.05, 3.63) is 59.7 Å². The minimum Gasteiger partial charge on any atom is -0.383 e. The number of hydrogen-bond donors (Lipinski definition) is 3. The summed E-state index contributed by atoms with van der Waals surface area (Å²) in [5, 5.41) is 4.83. The van der Waals surface area contributed by atoms with Crippen LogP contribution >= 0.6 is 10.6 Å². The topological polar surface area (TPSA) is 71.9 Å². The summed E-state index contributed by atoms with van der Waals surface area (Å²) in [7, 11) is -2.79. The standard InChI is InChI=1S/C26H34N4O2S/c1-20-9-10-23-22(17-20)24(27-11-14-29-12-5-2-6-13-29)18-26(28-23)30-15-16-33(31,32)25-8-4-3-7-21(25)19-30/h3-4,7-10,17-18,31-32H,2,5-6,11-16,19H2,1H3,(H,27,28). The van der Waals surface area contributed by atoms with E-state index in [1.807, 2.05) is 24.3 Å². The highest BCUT2D eigenvalue weighted by molar-refractivity contribution is 8.24. The van der Waals surface area contributed by atoms with Crippen LogP contribution in [0.15, 0.2) is 53.4 Å². The molecule has 0 unspecified atom stereocenters. The number of nitrogens with one attached hydrogen (secondary N) is 1. The molecule has 2 aliphatic heterocycles. The molecule has 2 aromatic carbocycles. The Labute approximate surface area is 198 Å². The van der Waals surface area contributed by atoms with E-state index in [4.69, 9.17) is 4.98 Å². The summed E-state index contributed by atoms with van der Waals surface area (Å²) in [6, 6.07) is 16.2. The zero-order chi connectivity index (χ0) is 22.8. The molecule has 1 aromatic heterocycles. The number of likely N-dealkylation sites (tertiary alicyclic amines) is 1. The Morgan fingerprint density at radius 1 is 1.00 bits per heavy atom. The third kappa shape index (κ3) is 4.96. The fraction of sp³-hybridized carbons (Fsp3) is 0.423. The molecule has 0 bridgehead atoms. The normalized spacial score (nSPS) is 19.7. The van der Waals surface area contributed by atoms with Crippen LogP contribution in [0.5, 0.6) is 0 Å². The predicted octanol–water partition coefficient (Wildman–Crippen LogP) is 5.57. The number of rotatable bonds is 5. The van der Waals surface area contributed by atoms with E-state index < -0.39 is 10.6 Å². The molecule has 0 radical (unpaired) electrons. The van der Waals surface area contributed by atoms with Gasteiger partial charge in [0, 0.05) is 43.3 Å². The lowest BCUT2D eigenvalue weighted by molar-refractivity contribution is 0.237. The van der Waals surface area contributed by atoms with Crippen LogP contribution in [0.4, 0.5) is 11.5 Å². The average molecular weight is 467 g/mol. The first kappa shape index (κ1) is 22.5. The molecule has 3 N–H and O–H groups in total. The van der Waals surface area contributed by atoms with Crippen LogP contribution in [0.2, 0.25) is 0 Å². The van der Waals surface area contributed by atoms with Crippen LogP contribution in [0, 0.1) is 6.92 Å². The lowest BCUT2D eigenvalue weighted by Crippen LogP contribution is -2.33. The Morgan fingerprint density at radius 2 is 1.82 bits per heavy atom. The molecule has 6 nitrogen and oxygen atoms in total. The van der Waals surface area contributed by atoms with Crippen LogP contribution in [0.1, 0.15) is 30.4 Å². The van der Waals surface area contributed by atoms with E-state index in [-0.39, 0.29) is 0 Å². The van der Waals surface area contributed by atoms with Crippen molar-refractivity contribution >= 4 is 33.0 Å². The predicted molar refractivity (Wildman–Crippen MR) is 139 cm³/mol. The highest BCUT2D eigenvalue weighted by Gasteiger charge is 2.26. The van der Waals surface area contributed by atoms with Gasteiger partial charge in [-0.25, -0.2) is 4.98 Å². The number of aryl methyl sites for hydroxylation is 1. The molecule has 0 amide bonds. The summed E-state index contributed by atoms with van der Waals surface area (Å²) >= 11 is 0. The number of fused-ring (bicyclic) bond motifs is 2. The highest BCUT2D eigenvalue weighted by Crippen LogP contribution is 2.51. The van der Waals surface area contributed by atoms with E-state index in [0.29, 0.717) is 23.7 Å². The number of nitrogens with zero attached hydrogens (tertiary/aromatic N) is 3. The zero-order valence-electron chi connectivity index (χ0n) is 19.3. The van der Waals surface area contributed by atoms with Gasteiger partial charge in [-0.05, 0) is 56.6 Å². The van der Waals surface area contributed by atoms with E-state index >= 15 is 0 Å². The molecule has 0 saturated carbocycles. The monoisotopic (exact) mass is 466 g/mol. The summed E-state index contributed by atoms with van der Waals surface area (Å²) < 4.78 is 21.5. The molecule has 1 saturated heterocycles. The quantitative estimate of drug-likeness (QED) is 0.457. The molecular formula is C26H34N4O2S. The maximum Gasteiger partial charge on any atom is 0.131 e. The molecular weight excluding hydrogens is 432 g/mol. The van der Waals surface area contributed by atoms with Gasteiger partial charge in [-0.1, -0.05) is 36.2 Å². The molecule has 0 aliphatic carbocycles. The first-order chi connectivity index (χ1) is 16.0. The van der Waals surface area contributed by atoms with Crippen molar-refractivity contribution in [2.75, 3.05) is 48.7 Å². The minimum atomic E-state index is -2.79. The molecule has 0 spiro atoms. The van der Waals surface area contributed by atoms with Crippen molar-refractivity contribution in [2.45, 2.75) is 37.6 Å². The van der Waals surface area contributed by atoms with Gasteiger partial charge in [0.2, 0.25) is 0 Å². The lowest BCUT2D eigenvalue weighted by atomic mass is 10.1. The van der Waals surface area contributed by atoms with Gasteiger partial charge in [0.1, 0.15) is 5.82 Å². The van der Waals surface area contributed by atoms with E-state index in [1.54, 1.807) is 0 Å². The largest absolute Gasteiger partial charge is 0.383 e. The number of benzene rings is 2. The SMILES string of the molecule is Cc1ccc2nc(N3CCS(O)(O)c4ccccc4C3)cc(NCCN3CCCCC3)c2c1. The van der Waals surface area contributed by atoms with Gasteiger partial charge >= 0.3 is 0 Å². The highest BCUT2D eigenvalue weighted by atomic mass is 32.3. The Morgan fingerprint density at radius 3 is 2.67 bits per heavy atom. The third-order valence-corrected chi connectivity index (χ3v) is 8.65. The molecule has 0 atom stereocenters. The van der Waals surface area contributed by atoms with E-state index in [0.717, 1.165) is 41.1 Å². The second-order valence-corrected chi connectivity index (χ2v) is 11.5. The first-order valence-electron chi connectivity index (χ1n) is 12.0. The van der Waals surface area contributed by atoms with Gasteiger partial charge in [0.25, 0.3) is 0 Å². The maximum atomic E-state index is 10.7. The van der Waals surface area contributed by atoms with Crippen molar-refractivity contribution in [2.24, 2.45) is 0 Å². The van der Waals surface area contributed by atoms with Crippen molar-refractivity contribution < 1.29 is 9.11 Å². The van der Waals surface area contributed by atoms with Crippen LogP contribution < -0.4 is 10.2 Å². The van der Waals surface area contributed by atoms with E-state index in [1.165, 1.54) is 37.9 Å². The molecule has 2 aliphatic rings. The smallest absolute Gasteiger partial charge is 0.131 e. The number of piperidine rings is 1. The second kappa shape index (κ2) is 9.50. The third-order valence-electron chi connectivity index (χ3n) is 6.80. The van der Waals surface area contributed by atoms with Crippen molar-refractivity contribution in [1.82, 2.24) is 9.88 Å². The van der Waals surface area contributed by atoms with Crippen LogP contribution in [0.3, 0.4) is 0 Å². The Bertz CT molecular complexity index is 1130. The average Bonchev–Trinajstić information content (AvgIpc) is 2.96. The lowest BCUT2D eigenvalue weighted by Gasteiger charge is -2.32. The van der Waals surface area contributed by atoms with Crippen LogP contribution in [-0.2, 0) is 6.54 Å². The number of anilines is 2. The number of pyridine rings is 1. The second-order valence-electron chi connectivity index (χ2n) is 9.28. The number of hydrogen-bond acceptors (Lipinski definition) is 6. The fourth-order valence-corrected chi connectivity index (χ4v) is 6.49. The van der Waals surface area contributed by atoms with Crippen LogP contribution in [-0.4, -0.2) is 57.5 Å². The molecule has 3 heterocycles. The minimum absolute atomic E-state index is 0.315. The molecule has 33 heavy (non-hydrogen) atoms. The van der Waals surface area contributed by atoms with Crippen molar-refractivity contribution in [3.63, 3.8) is 0 Å². The van der Waals surface area contributed by atoms with E-state index in [2.05, 4.69) is 46.3 Å². The van der Waals surface area contributed by atoms with Gasteiger partial charge in [-0.15, -0.1) is 0 Å². The molecule has 3 aromatic rings. The Hall–Kier alpha value is -2.32. The Kier molecular flexibility index (Phi) is 6.47. The fourth-order valence-electron chi connectivity index (χ4n) is 4.95. The van der Waals surface area contributed by atoms with Gasteiger partial charge < -0.3 is 15.1 Å². The zero-order valence-corrected chi connectivity index (χ0v) is 20.2. The first-order valence-corrected chi connectivity index (χ1v) is 13.7. The summed E-state index contributed by atoms with van der Waals surface area (Å²) in [5.41, 5.74) is 4.23. The number of aromatic nitrogens is 1. The summed E-state index contributed by atoms with van der Waals surface area (Å²) in [4.78, 5) is 10.4. The van der Waals surface area contributed by atoms with Crippen molar-refractivity contribution in [3.8, 4) is 0 Å². The molecule has 176 valence electrons. The van der Waals surface area contributed by atoms with E-state index in [9.17, 15) is 9.11 Å². The van der Waals surface area contributed by atoms with Gasteiger partial charge in [0.05, 0.1) is 16.2 Å². The molecule has 7 heteroatoms. The van der Waals surface area contributed by atoms with Crippen molar-refractivity contribution in [1.29, 1.82) is 0 Å². The summed E-state index contributed by atoms with van der Waals surface area (Å²) in [6.45, 7) is 7.62. The molecule has 1 fully saturated rings. The molecule has 5 rings (SSSR count). The van der Waals surface area contributed by atoms with Gasteiger partial charge in [-0.2, -0.15) is 10.6 Å². The summed E-state index contributed by atoms with van der Waals surface area (Å²) in [6.07, 6.45) is 3.96. The Balaban J connectivity index is 1.44. The van der Waals surface area contributed by atoms with Gasteiger partial charge in [0.15, 0.2) is 0 Å². The summed E-state index contributed by atoms with van der Waals surface area (Å²) in [5.74, 6) is 1.19. The van der Waals surface area contributed by atoms with Gasteiger partial charge in [-0.3, -0.25) is 9.11 Å².